The third-order valence-electron chi connectivity index (χ3n) is 0.870. The summed E-state index contributed by atoms with van der Waals surface area (Å²) in [7, 11) is -4.67. The van der Waals surface area contributed by atoms with Crippen molar-refractivity contribution in [3.05, 3.63) is 47.2 Å². The van der Waals surface area contributed by atoms with Crippen molar-refractivity contribution in [2.75, 3.05) is 0 Å². The highest BCUT2D eigenvalue weighted by atomic mass is 32.3. The van der Waals surface area contributed by atoms with Crippen molar-refractivity contribution in [1.29, 1.82) is 0 Å². The van der Waals surface area contributed by atoms with Crippen molar-refractivity contribution in [3.8, 4) is 0 Å². The molecule has 0 unspecified atom stereocenters. The highest BCUT2D eigenvalue weighted by molar-refractivity contribution is 7.79. The molecule has 0 atom stereocenters. The maximum Gasteiger partial charge on any atom is 0.394 e. The van der Waals surface area contributed by atoms with Gasteiger partial charge in [0.05, 0.1) is 0 Å². The summed E-state index contributed by atoms with van der Waals surface area (Å²) in [5, 5.41) is 4.08. The van der Waals surface area contributed by atoms with E-state index >= 15 is 0 Å². The van der Waals surface area contributed by atoms with Gasteiger partial charge in [-0.2, -0.15) is 19.8 Å². The van der Waals surface area contributed by atoms with Crippen LogP contribution in [-0.2, 0) is 10.4 Å². The molecule has 0 saturated heterocycles. The molecule has 0 saturated carbocycles. The van der Waals surface area contributed by atoms with Crippen LogP contribution in [0.15, 0.2) is 47.2 Å². The summed E-state index contributed by atoms with van der Waals surface area (Å²) in [5.74, 6) is 0. The second-order valence-electron chi connectivity index (χ2n) is 2.01. The molecule has 0 aliphatic carbocycles. The van der Waals surface area contributed by atoms with E-state index in [1.54, 1.807) is 11.3 Å². The molecule has 78 valence electrons. The summed E-state index contributed by atoms with van der Waals surface area (Å²) < 4.78 is 31.6. The second-order valence-corrected chi connectivity index (χ2v) is 3.72. The monoisotopic (exact) mass is 234 g/mol. The standard InChI is InChI=1S/C8H8S.H2O4S/c1-2-4-6-8-9-7-5-3-1;1-5(2,3)4/h1-8H;(H2,1,2,3,4). The minimum atomic E-state index is -4.67. The summed E-state index contributed by atoms with van der Waals surface area (Å²) in [5.41, 5.74) is 0. The largest absolute Gasteiger partial charge is 0.394 e. The first-order valence-electron chi connectivity index (χ1n) is 3.50. The van der Waals surface area contributed by atoms with Crippen molar-refractivity contribution in [2.24, 2.45) is 0 Å². The lowest BCUT2D eigenvalue weighted by molar-refractivity contribution is 0.381. The first-order chi connectivity index (χ1) is 6.50. The molecular formula is C8H10O4S2. The van der Waals surface area contributed by atoms with Crippen molar-refractivity contribution in [3.63, 3.8) is 0 Å². The predicted molar refractivity (Wildman–Crippen MR) is 56.1 cm³/mol. The van der Waals surface area contributed by atoms with Gasteiger partial charge in [0.1, 0.15) is 0 Å². The Morgan fingerprint density at radius 1 is 0.786 bits per heavy atom. The van der Waals surface area contributed by atoms with Gasteiger partial charge in [-0.3, -0.25) is 9.11 Å². The molecular weight excluding hydrogens is 224 g/mol. The molecule has 1 aromatic rings. The Labute approximate surface area is 86.8 Å². The minimum absolute atomic E-state index is 1.68. The molecule has 4 nitrogen and oxygen atoms in total. The van der Waals surface area contributed by atoms with Gasteiger partial charge < -0.3 is 0 Å². The third kappa shape index (κ3) is 17.2. The molecule has 2 N–H and O–H groups in total. The fourth-order valence-corrected chi connectivity index (χ4v) is 0.937. The zero-order chi connectivity index (χ0) is 10.9. The van der Waals surface area contributed by atoms with E-state index in [9.17, 15) is 0 Å². The predicted octanol–water partition coefficient (Wildman–Crippen LogP) is 2.22. The van der Waals surface area contributed by atoms with Crippen LogP contribution in [0, 0.1) is 0 Å². The molecule has 0 amide bonds. The van der Waals surface area contributed by atoms with Crippen LogP contribution in [0.1, 0.15) is 0 Å². The molecule has 1 heterocycles. The molecule has 0 fully saturated rings. The zero-order valence-electron chi connectivity index (χ0n) is 7.15. The zero-order valence-corrected chi connectivity index (χ0v) is 8.78. The van der Waals surface area contributed by atoms with Gasteiger partial charge in [0.2, 0.25) is 0 Å². The maximum absolute atomic E-state index is 8.74. The van der Waals surface area contributed by atoms with E-state index in [0.717, 1.165) is 0 Å². The van der Waals surface area contributed by atoms with Gasteiger partial charge in [0, 0.05) is 0 Å². The molecule has 0 aliphatic heterocycles. The van der Waals surface area contributed by atoms with Gasteiger partial charge in [-0.15, -0.1) is 0 Å². The first kappa shape index (κ1) is 13.1. The van der Waals surface area contributed by atoms with Crippen LogP contribution < -0.4 is 0 Å². The van der Waals surface area contributed by atoms with Gasteiger partial charge in [-0.25, -0.2) is 0 Å². The first-order valence-corrected chi connectivity index (χ1v) is 5.84. The normalized spacial score (nSPS) is 9.29. The molecule has 0 radical (unpaired) electrons. The van der Waals surface area contributed by atoms with Crippen LogP contribution in [0.5, 0.6) is 0 Å². The van der Waals surface area contributed by atoms with Crippen LogP contribution in [0.4, 0.5) is 0 Å². The Morgan fingerprint density at radius 2 is 1.07 bits per heavy atom. The molecule has 14 heavy (non-hydrogen) atoms. The summed E-state index contributed by atoms with van der Waals surface area (Å²) in [6.07, 6.45) is 0. The van der Waals surface area contributed by atoms with Crippen LogP contribution in [0.2, 0.25) is 0 Å². The van der Waals surface area contributed by atoms with Crippen LogP contribution >= 0.6 is 11.3 Å². The number of hydrogen-bond donors (Lipinski definition) is 2. The summed E-state index contributed by atoms with van der Waals surface area (Å²) in [4.78, 5) is 0. The SMILES string of the molecule is O=S(=O)(O)O.c1ccccsccc1. The average molecular weight is 234 g/mol. The van der Waals surface area contributed by atoms with Gasteiger partial charge in [-0.05, 0) is 10.8 Å². The average Bonchev–Trinajstić information content (AvgIpc) is 2.14. The van der Waals surface area contributed by atoms with Gasteiger partial charge in [0.15, 0.2) is 0 Å². The van der Waals surface area contributed by atoms with E-state index in [1.807, 2.05) is 47.2 Å². The lowest BCUT2D eigenvalue weighted by Gasteiger charge is -1.68. The highest BCUT2D eigenvalue weighted by Gasteiger charge is 1.84. The van der Waals surface area contributed by atoms with Gasteiger partial charge in [-0.1, -0.05) is 36.4 Å². The lowest BCUT2D eigenvalue weighted by Crippen LogP contribution is -1.89. The second kappa shape index (κ2) is 7.45. The van der Waals surface area contributed by atoms with E-state index in [2.05, 4.69) is 0 Å². The quantitative estimate of drug-likeness (QED) is 0.675. The number of rotatable bonds is 0. The maximum atomic E-state index is 8.74. The molecule has 6 heteroatoms. The lowest BCUT2D eigenvalue weighted by atomic mass is 10.5. The van der Waals surface area contributed by atoms with Crippen molar-refractivity contribution in [2.45, 2.75) is 0 Å². The fourth-order valence-electron chi connectivity index (χ4n) is 0.483. The Bertz CT molecular complexity index is 299. The van der Waals surface area contributed by atoms with Crippen molar-refractivity contribution < 1.29 is 17.5 Å². The van der Waals surface area contributed by atoms with E-state index < -0.39 is 10.4 Å². The van der Waals surface area contributed by atoms with E-state index in [1.165, 1.54) is 0 Å². The van der Waals surface area contributed by atoms with Crippen LogP contribution in [0.3, 0.4) is 0 Å². The molecule has 0 spiro atoms. The summed E-state index contributed by atoms with van der Waals surface area (Å²) in [6, 6.07) is 12.1. The smallest absolute Gasteiger partial charge is 0.264 e. The van der Waals surface area contributed by atoms with Crippen molar-refractivity contribution >= 4 is 21.7 Å². The van der Waals surface area contributed by atoms with Crippen LogP contribution in [-0.4, -0.2) is 17.5 Å². The third-order valence-corrected chi connectivity index (χ3v) is 1.50. The topological polar surface area (TPSA) is 74.6 Å². The molecule has 0 aromatic carbocycles. The minimum Gasteiger partial charge on any atom is -0.264 e. The van der Waals surface area contributed by atoms with Crippen molar-refractivity contribution in [1.82, 2.24) is 0 Å². The molecule has 1 rings (SSSR count). The Balaban J connectivity index is 0.000000292. The fraction of sp³-hybridized carbons (Fsp3) is 0. The highest BCUT2D eigenvalue weighted by Crippen LogP contribution is 1.88. The van der Waals surface area contributed by atoms with E-state index in [0.29, 0.717) is 0 Å². The molecule has 0 bridgehead atoms. The van der Waals surface area contributed by atoms with E-state index in [-0.39, 0.29) is 0 Å². The Morgan fingerprint density at radius 3 is 1.43 bits per heavy atom. The summed E-state index contributed by atoms with van der Waals surface area (Å²) in [6.45, 7) is 0. The molecule has 0 aliphatic rings. The van der Waals surface area contributed by atoms with E-state index in [4.69, 9.17) is 17.5 Å². The Kier molecular flexibility index (Phi) is 6.95. The number of hydrogen-bond acceptors (Lipinski definition) is 3. The summed E-state index contributed by atoms with van der Waals surface area (Å²) >= 11 is 1.68. The van der Waals surface area contributed by atoms with Crippen LogP contribution in [0.25, 0.3) is 0 Å². The van der Waals surface area contributed by atoms with Gasteiger partial charge >= 0.3 is 10.4 Å². The molecule has 1 aromatic heterocycles. The van der Waals surface area contributed by atoms with Gasteiger partial charge in [0.25, 0.3) is 0 Å². The Hall–Kier alpha value is -0.950.